The molecule has 2 N–H and O–H groups in total. The largest absolute Gasteiger partial charge is 0.405 e. The van der Waals surface area contributed by atoms with Crippen molar-refractivity contribution in [2.24, 2.45) is 5.92 Å². The zero-order valence-electron chi connectivity index (χ0n) is 30.6. The average Bonchev–Trinajstić information content (AvgIpc) is 3.41. The van der Waals surface area contributed by atoms with E-state index in [2.05, 4.69) is 101 Å². The number of alkyl halides is 3. The molecule has 0 bridgehead atoms. The molecular formula is C45H57F3N2. The van der Waals surface area contributed by atoms with Gasteiger partial charge in [0, 0.05) is 17.1 Å². The molecule has 0 amide bonds. The minimum Gasteiger partial charge on any atom is -0.379 e. The number of allylic oxidation sites excluding steroid dienone is 6. The van der Waals surface area contributed by atoms with Crippen LogP contribution in [0.3, 0.4) is 0 Å². The maximum Gasteiger partial charge on any atom is 0.405 e. The Hall–Kier alpha value is -4.25. The summed E-state index contributed by atoms with van der Waals surface area (Å²) in [5.41, 5.74) is 8.42. The number of aryl methyl sites for hydroxylation is 1. The molecule has 0 heterocycles. The summed E-state index contributed by atoms with van der Waals surface area (Å²) in [4.78, 5) is 0. The zero-order valence-corrected chi connectivity index (χ0v) is 30.6. The standard InChI is InChI=1S/C37H47F3N2.C8H10/c1-7-9-10-18-28(4)29(5)42-31(8-2)24-23-27(3)17-15-16-25-36(30(6)41-26-37(38,39)40)34-21-13-11-19-32(34)33-20-12-14-22-35(33)36;1-2-8-6-4-3-5-7-8/h8,11-14,19-24,28,41-42H,2,5-7,9-10,15-18,25-26H2,1,3-4H3;3-7H,2H2,1H3/b27-23+,31-24+;. The third kappa shape index (κ3) is 11.4. The van der Waals surface area contributed by atoms with E-state index in [9.17, 15) is 13.2 Å². The molecule has 0 aliphatic heterocycles. The van der Waals surface area contributed by atoms with Gasteiger partial charge in [-0.05, 0) is 84.9 Å². The van der Waals surface area contributed by atoms with E-state index in [0.717, 1.165) is 65.8 Å². The Morgan fingerprint density at radius 1 is 0.820 bits per heavy atom. The van der Waals surface area contributed by atoms with Crippen molar-refractivity contribution in [2.45, 2.75) is 97.1 Å². The second-order valence-corrected chi connectivity index (χ2v) is 13.4. The summed E-state index contributed by atoms with van der Waals surface area (Å²) in [5.74, 6) is 0.392. The number of hydrogen-bond acceptors (Lipinski definition) is 2. The predicted octanol–water partition coefficient (Wildman–Crippen LogP) is 12.8. The molecule has 0 saturated carbocycles. The van der Waals surface area contributed by atoms with Crippen LogP contribution in [0.2, 0.25) is 0 Å². The summed E-state index contributed by atoms with van der Waals surface area (Å²) in [5, 5.41) is 6.07. The molecule has 0 spiro atoms. The highest BCUT2D eigenvalue weighted by Crippen LogP contribution is 2.54. The van der Waals surface area contributed by atoms with Gasteiger partial charge in [0.15, 0.2) is 0 Å². The predicted molar refractivity (Wildman–Crippen MR) is 208 cm³/mol. The number of halogens is 3. The highest BCUT2D eigenvalue weighted by atomic mass is 19.4. The van der Waals surface area contributed by atoms with Crippen molar-refractivity contribution in [1.29, 1.82) is 0 Å². The Morgan fingerprint density at radius 3 is 1.96 bits per heavy atom. The quantitative estimate of drug-likeness (QED) is 0.103. The second-order valence-electron chi connectivity index (χ2n) is 13.4. The van der Waals surface area contributed by atoms with Crippen LogP contribution in [0.1, 0.15) is 95.8 Å². The summed E-state index contributed by atoms with van der Waals surface area (Å²) in [7, 11) is 0. The van der Waals surface area contributed by atoms with Crippen molar-refractivity contribution in [3.05, 3.63) is 156 Å². The molecule has 3 aromatic carbocycles. The minimum atomic E-state index is -4.32. The van der Waals surface area contributed by atoms with Crippen molar-refractivity contribution in [1.82, 2.24) is 10.6 Å². The maximum absolute atomic E-state index is 13.2. The molecule has 1 unspecified atom stereocenters. The van der Waals surface area contributed by atoms with Crippen molar-refractivity contribution < 1.29 is 13.2 Å². The number of fused-ring (bicyclic) bond motifs is 3. The lowest BCUT2D eigenvalue weighted by Gasteiger charge is -2.35. The van der Waals surface area contributed by atoms with Gasteiger partial charge in [0.05, 0.1) is 5.41 Å². The van der Waals surface area contributed by atoms with Crippen LogP contribution in [0.15, 0.2) is 139 Å². The number of hydrogen-bond donors (Lipinski definition) is 2. The van der Waals surface area contributed by atoms with Gasteiger partial charge in [0.25, 0.3) is 0 Å². The molecule has 1 aliphatic rings. The van der Waals surface area contributed by atoms with Crippen LogP contribution >= 0.6 is 0 Å². The lowest BCUT2D eigenvalue weighted by Crippen LogP contribution is -2.39. The van der Waals surface area contributed by atoms with Crippen LogP contribution in [0, 0.1) is 5.92 Å². The Balaban J connectivity index is 0.000000740. The molecule has 268 valence electrons. The van der Waals surface area contributed by atoms with Gasteiger partial charge >= 0.3 is 6.18 Å². The summed E-state index contributed by atoms with van der Waals surface area (Å²) in [6, 6.07) is 26.5. The summed E-state index contributed by atoms with van der Waals surface area (Å²) in [6.45, 7) is 20.0. The molecule has 2 nitrogen and oxygen atoms in total. The first kappa shape index (κ1) is 40.2. The fraction of sp³-hybridized carbons (Fsp3) is 0.378. The molecule has 0 radical (unpaired) electrons. The SMILES string of the molecule is C=C/C(=C\C=C(/C)CCCCC1(C(=C)NCC(F)(F)F)c2ccccc2-c2ccccc21)NC(=C)C(C)CCCCC.CCc1ccccc1. The van der Waals surface area contributed by atoms with Crippen molar-refractivity contribution in [3.8, 4) is 11.1 Å². The summed E-state index contributed by atoms with van der Waals surface area (Å²) in [6.07, 6.45) is 10.8. The molecule has 0 fully saturated rings. The molecule has 4 rings (SSSR count). The minimum absolute atomic E-state index is 0.392. The maximum atomic E-state index is 13.2. The second kappa shape index (κ2) is 19.8. The molecule has 3 aromatic rings. The van der Waals surface area contributed by atoms with E-state index < -0.39 is 18.1 Å². The molecule has 1 atom stereocenters. The Labute approximate surface area is 300 Å². The zero-order chi connectivity index (χ0) is 36.6. The molecule has 50 heavy (non-hydrogen) atoms. The molecule has 1 aliphatic carbocycles. The third-order valence-corrected chi connectivity index (χ3v) is 9.61. The van der Waals surface area contributed by atoms with Crippen LogP contribution < -0.4 is 10.6 Å². The van der Waals surface area contributed by atoms with Gasteiger partial charge in [-0.3, -0.25) is 0 Å². The molecule has 0 saturated heterocycles. The first-order valence-corrected chi connectivity index (χ1v) is 18.2. The van der Waals surface area contributed by atoms with Crippen molar-refractivity contribution >= 4 is 0 Å². The van der Waals surface area contributed by atoms with Crippen molar-refractivity contribution in [3.63, 3.8) is 0 Å². The van der Waals surface area contributed by atoms with Gasteiger partial charge in [-0.2, -0.15) is 13.2 Å². The van der Waals surface area contributed by atoms with Crippen molar-refractivity contribution in [2.75, 3.05) is 6.54 Å². The topological polar surface area (TPSA) is 24.1 Å². The lowest BCUT2D eigenvalue weighted by atomic mass is 9.71. The van der Waals surface area contributed by atoms with E-state index in [1.54, 1.807) is 0 Å². The highest BCUT2D eigenvalue weighted by molar-refractivity contribution is 5.82. The van der Waals surface area contributed by atoms with E-state index in [1.807, 2.05) is 54.6 Å². The fourth-order valence-electron chi connectivity index (χ4n) is 6.60. The molecule has 0 aromatic heterocycles. The first-order valence-electron chi connectivity index (χ1n) is 18.2. The molecule has 5 heteroatoms. The summed E-state index contributed by atoms with van der Waals surface area (Å²) >= 11 is 0. The lowest BCUT2D eigenvalue weighted by molar-refractivity contribution is -0.123. The summed E-state index contributed by atoms with van der Waals surface area (Å²) < 4.78 is 39.6. The first-order chi connectivity index (χ1) is 24.0. The van der Waals surface area contributed by atoms with Crippen LogP contribution in [0.4, 0.5) is 13.2 Å². The number of nitrogens with one attached hydrogen (secondary N) is 2. The van der Waals surface area contributed by atoms with Gasteiger partial charge in [-0.15, -0.1) is 0 Å². The Kier molecular flexibility index (Phi) is 15.9. The van der Waals surface area contributed by atoms with Crippen LogP contribution in [0.5, 0.6) is 0 Å². The van der Waals surface area contributed by atoms with Gasteiger partial charge in [-0.25, -0.2) is 0 Å². The smallest absolute Gasteiger partial charge is 0.379 e. The number of benzene rings is 3. The van der Waals surface area contributed by atoms with Crippen LogP contribution in [0.25, 0.3) is 11.1 Å². The van der Waals surface area contributed by atoms with Gasteiger partial charge in [0.1, 0.15) is 6.54 Å². The van der Waals surface area contributed by atoms with Gasteiger partial charge in [0.2, 0.25) is 0 Å². The Morgan fingerprint density at radius 2 is 1.42 bits per heavy atom. The van der Waals surface area contributed by atoms with E-state index in [0.29, 0.717) is 18.0 Å². The number of unbranched alkanes of at least 4 members (excludes halogenated alkanes) is 3. The average molecular weight is 683 g/mol. The van der Waals surface area contributed by atoms with E-state index in [-0.39, 0.29) is 0 Å². The van der Waals surface area contributed by atoms with Gasteiger partial charge in [-0.1, -0.05) is 157 Å². The van der Waals surface area contributed by atoms with Crippen LogP contribution in [-0.2, 0) is 11.8 Å². The van der Waals surface area contributed by atoms with E-state index in [1.165, 1.54) is 30.4 Å². The fourth-order valence-corrected chi connectivity index (χ4v) is 6.60. The Bertz CT molecular complexity index is 1550. The van der Waals surface area contributed by atoms with Crippen LogP contribution in [-0.4, -0.2) is 12.7 Å². The number of rotatable bonds is 18. The van der Waals surface area contributed by atoms with E-state index in [4.69, 9.17) is 0 Å². The monoisotopic (exact) mass is 682 g/mol. The normalized spacial score (nSPS) is 14.1. The van der Waals surface area contributed by atoms with E-state index >= 15 is 0 Å². The van der Waals surface area contributed by atoms with Gasteiger partial charge < -0.3 is 10.6 Å². The highest BCUT2D eigenvalue weighted by Gasteiger charge is 2.45. The molecular weight excluding hydrogens is 626 g/mol. The third-order valence-electron chi connectivity index (χ3n) is 9.61.